The number of ether oxygens (including phenoxy) is 2. The molecule has 0 fully saturated rings. The van der Waals surface area contributed by atoms with Crippen molar-refractivity contribution in [2.75, 3.05) is 13.7 Å². The molecule has 0 aliphatic rings. The first-order chi connectivity index (χ1) is 11.7. The van der Waals surface area contributed by atoms with E-state index in [1.165, 1.54) is 4.09 Å². The summed E-state index contributed by atoms with van der Waals surface area (Å²) in [5, 5.41) is 4.87. The van der Waals surface area contributed by atoms with E-state index in [-0.39, 0.29) is 0 Å². The molecule has 2 aromatic carbocycles. The predicted molar refractivity (Wildman–Crippen MR) is 97.3 cm³/mol. The maximum absolute atomic E-state index is 11.1. The molecule has 0 saturated carbocycles. The minimum Gasteiger partial charge on any atom is -0.493 e. The van der Waals surface area contributed by atoms with Gasteiger partial charge in [-0.25, -0.2) is 4.09 Å². The molecule has 0 N–H and O–H groups in total. The van der Waals surface area contributed by atoms with Crippen LogP contribution in [0.3, 0.4) is 0 Å². The lowest BCUT2D eigenvalue weighted by Crippen LogP contribution is -1.97. The average molecular weight is 342 g/mol. The fourth-order valence-corrected chi connectivity index (χ4v) is 2.83. The lowest BCUT2D eigenvalue weighted by Gasteiger charge is -2.12. The smallest absolute Gasteiger partial charge is 0.170 e. The summed E-state index contributed by atoms with van der Waals surface area (Å²) < 4.78 is 12.5. The number of thiol groups is 1. The minimum atomic E-state index is 0.382. The van der Waals surface area contributed by atoms with Crippen LogP contribution in [0.2, 0.25) is 0 Å². The molecule has 0 radical (unpaired) electrons. The Hall–Kier alpha value is -2.47. The highest BCUT2D eigenvalue weighted by Gasteiger charge is 2.11. The van der Waals surface area contributed by atoms with Crippen LogP contribution in [-0.2, 0) is 0 Å². The maximum Gasteiger partial charge on any atom is 0.170 e. The fourth-order valence-electron chi connectivity index (χ4n) is 2.57. The van der Waals surface area contributed by atoms with Crippen molar-refractivity contribution in [1.29, 1.82) is 0 Å². The quantitative estimate of drug-likeness (QED) is 0.543. The number of fused-ring (bicyclic) bond motifs is 1. The van der Waals surface area contributed by atoms with Gasteiger partial charge in [-0.1, -0.05) is 19.1 Å². The number of hydrogen-bond donors (Lipinski definition) is 1. The van der Waals surface area contributed by atoms with E-state index in [1.807, 2.05) is 36.4 Å². The minimum absolute atomic E-state index is 0.382. The Morgan fingerprint density at radius 2 is 1.92 bits per heavy atom. The molecule has 0 saturated heterocycles. The van der Waals surface area contributed by atoms with Crippen molar-refractivity contribution in [2.24, 2.45) is 0 Å². The number of aldehydes is 1. The van der Waals surface area contributed by atoms with E-state index in [2.05, 4.69) is 24.8 Å². The van der Waals surface area contributed by atoms with Crippen LogP contribution in [-0.4, -0.2) is 29.2 Å². The molecule has 0 amide bonds. The number of carbonyl (C=O) groups excluding carboxylic acids is 1. The Bertz CT molecular complexity index is 889. The normalized spacial score (nSPS) is 10.8. The molecule has 6 heteroatoms. The van der Waals surface area contributed by atoms with Crippen molar-refractivity contribution in [3.05, 3.63) is 42.1 Å². The number of nitrogens with zero attached hydrogens (tertiary/aromatic N) is 2. The summed E-state index contributed by atoms with van der Waals surface area (Å²) in [7, 11) is 1.63. The summed E-state index contributed by atoms with van der Waals surface area (Å²) in [6, 6.07) is 11.6. The van der Waals surface area contributed by atoms with E-state index in [1.54, 1.807) is 7.11 Å². The van der Waals surface area contributed by atoms with Crippen LogP contribution < -0.4 is 9.47 Å². The molecule has 1 heterocycles. The zero-order chi connectivity index (χ0) is 17.1. The third-order valence-electron chi connectivity index (χ3n) is 3.76. The van der Waals surface area contributed by atoms with Crippen molar-refractivity contribution in [1.82, 2.24) is 9.19 Å². The van der Waals surface area contributed by atoms with Gasteiger partial charge in [0.15, 0.2) is 17.8 Å². The summed E-state index contributed by atoms with van der Waals surface area (Å²) >= 11 is 4.28. The molecule has 5 nitrogen and oxygen atoms in total. The second-order valence-electron chi connectivity index (χ2n) is 5.34. The van der Waals surface area contributed by atoms with Crippen molar-refractivity contribution in [2.45, 2.75) is 13.3 Å². The van der Waals surface area contributed by atoms with Crippen LogP contribution in [0.25, 0.3) is 22.0 Å². The highest BCUT2D eigenvalue weighted by atomic mass is 32.1. The molecule has 1 aromatic heterocycles. The van der Waals surface area contributed by atoms with E-state index in [9.17, 15) is 4.79 Å². The molecule has 0 bridgehead atoms. The van der Waals surface area contributed by atoms with E-state index in [4.69, 9.17) is 9.47 Å². The number of hydrogen-bond acceptors (Lipinski definition) is 5. The van der Waals surface area contributed by atoms with Crippen LogP contribution in [0.15, 0.2) is 36.4 Å². The summed E-state index contributed by atoms with van der Waals surface area (Å²) in [5.41, 5.74) is 3.13. The third kappa shape index (κ3) is 2.97. The van der Waals surface area contributed by atoms with Gasteiger partial charge in [-0.05, 0) is 54.6 Å². The number of carbonyl (C=O) groups is 1. The van der Waals surface area contributed by atoms with Crippen LogP contribution in [0.1, 0.15) is 23.8 Å². The summed E-state index contributed by atoms with van der Waals surface area (Å²) in [5.74, 6) is 1.42. The molecule has 124 valence electrons. The van der Waals surface area contributed by atoms with Gasteiger partial charge in [-0.2, -0.15) is 5.10 Å². The standard InChI is InChI=1S/C18H18N2O3S/c1-3-8-23-17-7-5-13(10-18(17)22-2)12-4-6-14-15(11-21)19-20(24)16(14)9-12/h4-7,9-11,24H,3,8H2,1-2H3. The van der Waals surface area contributed by atoms with Gasteiger partial charge < -0.3 is 9.47 Å². The van der Waals surface area contributed by atoms with Gasteiger partial charge in [0.25, 0.3) is 0 Å². The molecular weight excluding hydrogens is 324 g/mol. The third-order valence-corrected chi connectivity index (χ3v) is 4.07. The van der Waals surface area contributed by atoms with Crippen molar-refractivity contribution < 1.29 is 14.3 Å². The first kappa shape index (κ1) is 16.4. The lowest BCUT2D eigenvalue weighted by atomic mass is 10.0. The largest absolute Gasteiger partial charge is 0.493 e. The van der Waals surface area contributed by atoms with Crippen LogP contribution in [0, 0.1) is 0 Å². The second-order valence-corrected chi connectivity index (χ2v) is 5.72. The van der Waals surface area contributed by atoms with Crippen LogP contribution in [0.4, 0.5) is 0 Å². The molecular formula is C18H18N2O3S. The molecule has 0 aliphatic carbocycles. The zero-order valence-corrected chi connectivity index (χ0v) is 14.4. The van der Waals surface area contributed by atoms with E-state index in [0.29, 0.717) is 18.1 Å². The number of rotatable bonds is 6. The average Bonchev–Trinajstić information content (AvgIpc) is 2.95. The van der Waals surface area contributed by atoms with Crippen LogP contribution >= 0.6 is 12.8 Å². The van der Waals surface area contributed by atoms with Crippen molar-refractivity contribution in [3.8, 4) is 22.6 Å². The van der Waals surface area contributed by atoms with E-state index < -0.39 is 0 Å². The maximum atomic E-state index is 11.1. The molecule has 0 spiro atoms. The Morgan fingerprint density at radius 3 is 2.62 bits per heavy atom. The van der Waals surface area contributed by atoms with Gasteiger partial charge in [-0.3, -0.25) is 4.79 Å². The highest BCUT2D eigenvalue weighted by Crippen LogP contribution is 2.34. The number of aromatic nitrogens is 2. The molecule has 0 atom stereocenters. The molecule has 3 aromatic rings. The summed E-state index contributed by atoms with van der Waals surface area (Å²) in [6.45, 7) is 2.71. The molecule has 24 heavy (non-hydrogen) atoms. The fraction of sp³-hybridized carbons (Fsp3) is 0.222. The highest BCUT2D eigenvalue weighted by molar-refractivity contribution is 7.78. The number of benzene rings is 2. The van der Waals surface area contributed by atoms with Crippen molar-refractivity contribution >= 4 is 30.0 Å². The first-order valence-corrected chi connectivity index (χ1v) is 8.06. The van der Waals surface area contributed by atoms with Gasteiger partial charge in [0.1, 0.15) is 5.69 Å². The van der Waals surface area contributed by atoms with Gasteiger partial charge in [0.05, 0.1) is 19.2 Å². The van der Waals surface area contributed by atoms with E-state index >= 15 is 0 Å². The Morgan fingerprint density at radius 1 is 1.17 bits per heavy atom. The second kappa shape index (κ2) is 6.97. The van der Waals surface area contributed by atoms with E-state index in [0.717, 1.165) is 40.5 Å². The summed E-state index contributed by atoms with van der Waals surface area (Å²) in [4.78, 5) is 11.1. The Labute approximate surface area is 145 Å². The lowest BCUT2D eigenvalue weighted by molar-refractivity contribution is 0.112. The molecule has 3 rings (SSSR count). The Balaban J connectivity index is 2.03. The topological polar surface area (TPSA) is 53.3 Å². The van der Waals surface area contributed by atoms with Crippen LogP contribution in [0.5, 0.6) is 11.5 Å². The molecule has 0 unspecified atom stereocenters. The Kier molecular flexibility index (Phi) is 4.76. The monoisotopic (exact) mass is 342 g/mol. The van der Waals surface area contributed by atoms with Crippen molar-refractivity contribution in [3.63, 3.8) is 0 Å². The van der Waals surface area contributed by atoms with Gasteiger partial charge in [0, 0.05) is 5.39 Å². The molecule has 0 aliphatic heterocycles. The van der Waals surface area contributed by atoms with Gasteiger partial charge in [-0.15, -0.1) is 0 Å². The zero-order valence-electron chi connectivity index (χ0n) is 13.5. The SMILES string of the molecule is CCCOc1ccc(-c2ccc3c(C=O)nn(S)c3c2)cc1OC. The predicted octanol–water partition coefficient (Wildman–Crippen LogP) is 4.01. The summed E-state index contributed by atoms with van der Waals surface area (Å²) in [6.07, 6.45) is 1.67. The first-order valence-electron chi connectivity index (χ1n) is 7.66. The van der Waals surface area contributed by atoms with Gasteiger partial charge >= 0.3 is 0 Å². The van der Waals surface area contributed by atoms with Gasteiger partial charge in [0.2, 0.25) is 0 Å². The number of methoxy groups -OCH3 is 1.